The molecule has 0 atom stereocenters. The SMILES string of the molecule is Nc1ncc(S(N)(=O)=O)c(C(F)F)c1O. The maximum absolute atomic E-state index is 12.4. The molecule has 1 heterocycles. The molecule has 0 fully saturated rings. The van der Waals surface area contributed by atoms with Gasteiger partial charge in [0.05, 0.1) is 11.8 Å². The lowest BCUT2D eigenvalue weighted by molar-refractivity contribution is 0.143. The topological polar surface area (TPSA) is 119 Å². The van der Waals surface area contributed by atoms with Crippen LogP contribution in [0.25, 0.3) is 0 Å². The van der Waals surface area contributed by atoms with Gasteiger partial charge in [0, 0.05) is 0 Å². The van der Waals surface area contributed by atoms with Crippen LogP contribution in [0.4, 0.5) is 14.6 Å². The van der Waals surface area contributed by atoms with Gasteiger partial charge < -0.3 is 10.8 Å². The van der Waals surface area contributed by atoms with E-state index in [2.05, 4.69) is 10.1 Å². The first-order chi connectivity index (χ1) is 6.75. The summed E-state index contributed by atoms with van der Waals surface area (Å²) in [6, 6.07) is 0. The average Bonchev–Trinajstić information content (AvgIpc) is 2.06. The molecule has 1 rings (SSSR count). The highest BCUT2D eigenvalue weighted by Gasteiger charge is 2.26. The number of pyridine rings is 1. The van der Waals surface area contributed by atoms with Gasteiger partial charge in [0.1, 0.15) is 4.90 Å². The Kier molecular flexibility index (Phi) is 2.77. The van der Waals surface area contributed by atoms with Gasteiger partial charge in [0.2, 0.25) is 10.0 Å². The Morgan fingerprint density at radius 3 is 2.40 bits per heavy atom. The normalized spacial score (nSPS) is 12.0. The third kappa shape index (κ3) is 2.13. The highest BCUT2D eigenvalue weighted by molar-refractivity contribution is 7.89. The van der Waals surface area contributed by atoms with E-state index >= 15 is 0 Å². The summed E-state index contributed by atoms with van der Waals surface area (Å²) in [5, 5.41) is 13.8. The molecule has 0 saturated carbocycles. The van der Waals surface area contributed by atoms with Crippen LogP contribution in [-0.2, 0) is 10.0 Å². The number of nitrogens with zero attached hydrogens (tertiary/aromatic N) is 1. The second-order valence-electron chi connectivity index (χ2n) is 2.62. The lowest BCUT2D eigenvalue weighted by Crippen LogP contribution is -2.16. The molecule has 0 unspecified atom stereocenters. The van der Waals surface area contributed by atoms with E-state index < -0.39 is 38.5 Å². The highest BCUT2D eigenvalue weighted by Crippen LogP contribution is 2.35. The molecule has 0 aliphatic rings. The number of aromatic nitrogens is 1. The quantitative estimate of drug-likeness (QED) is 0.668. The van der Waals surface area contributed by atoms with E-state index in [0.29, 0.717) is 6.20 Å². The molecular formula is C6H7F2N3O3S. The number of nitrogens with two attached hydrogens (primary N) is 2. The third-order valence-electron chi connectivity index (χ3n) is 1.61. The number of primary sulfonamides is 1. The molecule has 1 aromatic rings. The molecule has 84 valence electrons. The molecule has 0 aromatic carbocycles. The van der Waals surface area contributed by atoms with E-state index in [1.54, 1.807) is 0 Å². The van der Waals surface area contributed by atoms with Crippen LogP contribution in [0.1, 0.15) is 12.0 Å². The number of halogens is 2. The van der Waals surface area contributed by atoms with Crippen LogP contribution >= 0.6 is 0 Å². The zero-order valence-electron chi connectivity index (χ0n) is 7.18. The molecule has 0 aliphatic heterocycles. The zero-order chi connectivity index (χ0) is 11.8. The summed E-state index contributed by atoms with van der Waals surface area (Å²) < 4.78 is 46.6. The summed E-state index contributed by atoms with van der Waals surface area (Å²) in [6.45, 7) is 0. The van der Waals surface area contributed by atoms with Crippen molar-refractivity contribution in [1.29, 1.82) is 0 Å². The number of anilines is 1. The Labute approximate surface area is 83.6 Å². The van der Waals surface area contributed by atoms with Gasteiger partial charge in [0.25, 0.3) is 6.43 Å². The van der Waals surface area contributed by atoms with Crippen molar-refractivity contribution in [3.8, 4) is 5.75 Å². The largest absolute Gasteiger partial charge is 0.504 e. The van der Waals surface area contributed by atoms with E-state index in [1.807, 2.05) is 0 Å². The highest BCUT2D eigenvalue weighted by atomic mass is 32.2. The van der Waals surface area contributed by atoms with Crippen molar-refractivity contribution in [2.45, 2.75) is 11.3 Å². The van der Waals surface area contributed by atoms with Crippen LogP contribution in [0.2, 0.25) is 0 Å². The number of alkyl halides is 2. The van der Waals surface area contributed by atoms with Gasteiger partial charge in [-0.3, -0.25) is 0 Å². The van der Waals surface area contributed by atoms with Crippen molar-refractivity contribution in [3.05, 3.63) is 11.8 Å². The first kappa shape index (κ1) is 11.6. The monoisotopic (exact) mass is 239 g/mol. The van der Waals surface area contributed by atoms with Gasteiger partial charge in [0.15, 0.2) is 11.6 Å². The smallest absolute Gasteiger partial charge is 0.268 e. The lowest BCUT2D eigenvalue weighted by Gasteiger charge is -2.09. The standard InChI is InChI=1S/C6H7F2N3O3S/c7-5(8)3-2(15(10,13)14)1-11-6(9)4(3)12/h1,5,12H,(H2,9,11)(H2,10,13,14). The first-order valence-corrected chi connectivity index (χ1v) is 5.08. The average molecular weight is 239 g/mol. The van der Waals surface area contributed by atoms with Crippen molar-refractivity contribution >= 4 is 15.8 Å². The fraction of sp³-hybridized carbons (Fsp3) is 0.167. The Bertz CT molecular complexity index is 489. The second kappa shape index (κ2) is 3.59. The minimum Gasteiger partial charge on any atom is -0.504 e. The second-order valence-corrected chi connectivity index (χ2v) is 4.15. The summed E-state index contributed by atoms with van der Waals surface area (Å²) in [5.74, 6) is -1.66. The molecule has 6 nitrogen and oxygen atoms in total. The van der Waals surface area contributed by atoms with Gasteiger partial charge in [-0.25, -0.2) is 27.3 Å². The molecule has 0 saturated heterocycles. The van der Waals surface area contributed by atoms with Crippen LogP contribution in [-0.4, -0.2) is 18.5 Å². The number of aromatic hydroxyl groups is 1. The molecular weight excluding hydrogens is 232 g/mol. The number of rotatable bonds is 2. The van der Waals surface area contributed by atoms with E-state index in [-0.39, 0.29) is 0 Å². The molecule has 0 radical (unpaired) electrons. The predicted molar refractivity (Wildman–Crippen MR) is 46.6 cm³/mol. The minimum absolute atomic E-state index is 0.575. The molecule has 0 spiro atoms. The molecule has 5 N–H and O–H groups in total. The molecule has 0 amide bonds. The summed E-state index contributed by atoms with van der Waals surface area (Å²) in [6.07, 6.45) is -2.64. The Hall–Kier alpha value is -1.48. The van der Waals surface area contributed by atoms with Crippen molar-refractivity contribution in [1.82, 2.24) is 4.98 Å². The summed E-state index contributed by atoms with van der Waals surface area (Å²) in [5.41, 5.74) is 3.91. The summed E-state index contributed by atoms with van der Waals surface area (Å²) in [4.78, 5) is 2.28. The van der Waals surface area contributed by atoms with E-state index in [9.17, 15) is 17.2 Å². The molecule has 1 aromatic heterocycles. The van der Waals surface area contributed by atoms with Gasteiger partial charge >= 0.3 is 0 Å². The fourth-order valence-corrected chi connectivity index (χ4v) is 1.64. The summed E-state index contributed by atoms with van der Waals surface area (Å²) >= 11 is 0. The predicted octanol–water partition coefficient (Wildman–Crippen LogP) is -0.0456. The molecule has 0 bridgehead atoms. The number of sulfonamides is 1. The Morgan fingerprint density at radius 2 is 2.00 bits per heavy atom. The van der Waals surface area contributed by atoms with Crippen LogP contribution < -0.4 is 10.9 Å². The van der Waals surface area contributed by atoms with Crippen LogP contribution in [0.5, 0.6) is 5.75 Å². The molecule has 15 heavy (non-hydrogen) atoms. The van der Waals surface area contributed by atoms with Crippen LogP contribution in [0.15, 0.2) is 11.1 Å². The number of nitrogen functional groups attached to an aromatic ring is 1. The number of hydrogen-bond acceptors (Lipinski definition) is 5. The molecule has 0 aliphatic carbocycles. The zero-order valence-corrected chi connectivity index (χ0v) is 8.00. The lowest BCUT2D eigenvalue weighted by atomic mass is 10.2. The van der Waals surface area contributed by atoms with Gasteiger partial charge in [-0.1, -0.05) is 0 Å². The van der Waals surface area contributed by atoms with Crippen LogP contribution in [0, 0.1) is 0 Å². The Balaban J connectivity index is 3.62. The van der Waals surface area contributed by atoms with Gasteiger partial charge in [-0.05, 0) is 0 Å². The van der Waals surface area contributed by atoms with Gasteiger partial charge in [-0.15, -0.1) is 0 Å². The van der Waals surface area contributed by atoms with Gasteiger partial charge in [-0.2, -0.15) is 0 Å². The van der Waals surface area contributed by atoms with Crippen molar-refractivity contribution in [2.75, 3.05) is 5.73 Å². The third-order valence-corrected chi connectivity index (χ3v) is 2.55. The fourth-order valence-electron chi connectivity index (χ4n) is 0.951. The maximum atomic E-state index is 12.4. The van der Waals surface area contributed by atoms with Crippen LogP contribution in [0.3, 0.4) is 0 Å². The first-order valence-electron chi connectivity index (χ1n) is 3.53. The van der Waals surface area contributed by atoms with E-state index in [1.165, 1.54) is 0 Å². The van der Waals surface area contributed by atoms with E-state index in [0.717, 1.165) is 0 Å². The van der Waals surface area contributed by atoms with Crippen molar-refractivity contribution < 1.29 is 22.3 Å². The van der Waals surface area contributed by atoms with Crippen molar-refractivity contribution in [3.63, 3.8) is 0 Å². The number of hydrogen-bond donors (Lipinski definition) is 3. The molecule has 9 heteroatoms. The van der Waals surface area contributed by atoms with E-state index in [4.69, 9.17) is 10.8 Å². The minimum atomic E-state index is -4.38. The Morgan fingerprint density at radius 1 is 1.47 bits per heavy atom. The van der Waals surface area contributed by atoms with Crippen molar-refractivity contribution in [2.24, 2.45) is 5.14 Å². The summed E-state index contributed by atoms with van der Waals surface area (Å²) in [7, 11) is -4.38. The maximum Gasteiger partial charge on any atom is 0.268 e.